The maximum Gasteiger partial charge on any atom is 0.246 e. The van der Waals surface area contributed by atoms with Crippen LogP contribution in [0, 0.1) is 6.92 Å². The van der Waals surface area contributed by atoms with E-state index in [0.717, 1.165) is 17.1 Å². The standard InChI is InChI=1S/C13H16N2O2S2/c1-9-8-19-13(14-9)11(15-12(16)7-17-2)6-10-4-3-5-18-10/h3-5,8,11H,6-7H2,1-2H3,(H,15,16)/t11-/m0/s1. The zero-order valence-electron chi connectivity index (χ0n) is 10.9. The highest BCUT2D eigenvalue weighted by molar-refractivity contribution is 7.10. The maximum atomic E-state index is 11.7. The molecule has 0 saturated carbocycles. The largest absolute Gasteiger partial charge is 0.375 e. The molecular formula is C13H16N2O2S2. The average molecular weight is 296 g/mol. The molecule has 6 heteroatoms. The van der Waals surface area contributed by atoms with E-state index in [-0.39, 0.29) is 18.6 Å². The quantitative estimate of drug-likeness (QED) is 0.891. The number of methoxy groups -OCH3 is 1. The van der Waals surface area contributed by atoms with Gasteiger partial charge in [-0.3, -0.25) is 4.79 Å². The molecule has 0 aliphatic rings. The van der Waals surface area contributed by atoms with E-state index in [2.05, 4.69) is 16.4 Å². The summed E-state index contributed by atoms with van der Waals surface area (Å²) in [5, 5.41) is 7.95. The number of thiazole rings is 1. The van der Waals surface area contributed by atoms with Crippen LogP contribution in [0.15, 0.2) is 22.9 Å². The number of carbonyl (C=O) groups is 1. The third-order valence-electron chi connectivity index (χ3n) is 2.53. The van der Waals surface area contributed by atoms with Gasteiger partial charge in [0.2, 0.25) is 5.91 Å². The first-order chi connectivity index (χ1) is 9.19. The summed E-state index contributed by atoms with van der Waals surface area (Å²) in [5.41, 5.74) is 0.983. The Balaban J connectivity index is 2.10. The fraction of sp³-hybridized carbons (Fsp3) is 0.385. The molecule has 0 saturated heterocycles. The van der Waals surface area contributed by atoms with E-state index in [1.54, 1.807) is 22.7 Å². The zero-order valence-corrected chi connectivity index (χ0v) is 12.5. The Morgan fingerprint density at radius 2 is 2.37 bits per heavy atom. The second-order valence-electron chi connectivity index (χ2n) is 4.16. The number of hydrogen-bond acceptors (Lipinski definition) is 5. The van der Waals surface area contributed by atoms with Gasteiger partial charge in [0.1, 0.15) is 11.6 Å². The fourth-order valence-electron chi connectivity index (χ4n) is 1.73. The van der Waals surface area contributed by atoms with Gasteiger partial charge in [0.15, 0.2) is 0 Å². The number of amides is 1. The summed E-state index contributed by atoms with van der Waals surface area (Å²) in [6.07, 6.45) is 0.764. The fourth-order valence-corrected chi connectivity index (χ4v) is 3.33. The summed E-state index contributed by atoms with van der Waals surface area (Å²) in [7, 11) is 1.52. The summed E-state index contributed by atoms with van der Waals surface area (Å²) in [4.78, 5) is 17.4. The van der Waals surface area contributed by atoms with Crippen molar-refractivity contribution in [2.45, 2.75) is 19.4 Å². The van der Waals surface area contributed by atoms with Gasteiger partial charge >= 0.3 is 0 Å². The van der Waals surface area contributed by atoms with Crippen molar-refractivity contribution in [3.8, 4) is 0 Å². The summed E-state index contributed by atoms with van der Waals surface area (Å²) < 4.78 is 4.85. The monoisotopic (exact) mass is 296 g/mol. The summed E-state index contributed by atoms with van der Waals surface area (Å²) in [6, 6.07) is 4.00. The highest BCUT2D eigenvalue weighted by Crippen LogP contribution is 2.24. The van der Waals surface area contributed by atoms with E-state index in [1.165, 1.54) is 12.0 Å². The van der Waals surface area contributed by atoms with E-state index < -0.39 is 0 Å². The van der Waals surface area contributed by atoms with Crippen LogP contribution in [0.4, 0.5) is 0 Å². The minimum Gasteiger partial charge on any atom is -0.375 e. The number of rotatable bonds is 6. The molecule has 102 valence electrons. The van der Waals surface area contributed by atoms with E-state index >= 15 is 0 Å². The third kappa shape index (κ3) is 4.12. The van der Waals surface area contributed by atoms with Crippen molar-refractivity contribution >= 4 is 28.6 Å². The lowest BCUT2D eigenvalue weighted by molar-refractivity contribution is -0.125. The van der Waals surface area contributed by atoms with Crippen molar-refractivity contribution < 1.29 is 9.53 Å². The molecule has 19 heavy (non-hydrogen) atoms. The number of ether oxygens (including phenoxy) is 1. The van der Waals surface area contributed by atoms with Crippen LogP contribution >= 0.6 is 22.7 Å². The minimum atomic E-state index is -0.114. The van der Waals surface area contributed by atoms with Gasteiger partial charge in [-0.2, -0.15) is 0 Å². The summed E-state index contributed by atoms with van der Waals surface area (Å²) >= 11 is 3.27. The Labute approximate surface area is 120 Å². The van der Waals surface area contributed by atoms with Crippen LogP contribution in [0.3, 0.4) is 0 Å². The normalized spacial score (nSPS) is 12.3. The SMILES string of the molecule is COCC(=O)N[C@@H](Cc1cccs1)c1nc(C)cs1. The first-order valence-corrected chi connectivity index (χ1v) is 7.67. The molecule has 0 aliphatic heterocycles. The molecule has 1 N–H and O–H groups in total. The van der Waals surface area contributed by atoms with Crippen molar-refractivity contribution in [3.63, 3.8) is 0 Å². The van der Waals surface area contributed by atoms with Crippen LogP contribution in [-0.2, 0) is 16.0 Å². The first-order valence-electron chi connectivity index (χ1n) is 5.91. The van der Waals surface area contributed by atoms with Gasteiger partial charge in [-0.25, -0.2) is 4.98 Å². The molecule has 0 bridgehead atoms. The van der Waals surface area contributed by atoms with Crippen LogP contribution in [0.1, 0.15) is 21.6 Å². The predicted molar refractivity (Wildman–Crippen MR) is 77.6 cm³/mol. The smallest absolute Gasteiger partial charge is 0.246 e. The molecular weight excluding hydrogens is 280 g/mol. The topological polar surface area (TPSA) is 51.2 Å². The van der Waals surface area contributed by atoms with Gasteiger partial charge in [-0.1, -0.05) is 6.07 Å². The van der Waals surface area contributed by atoms with E-state index in [4.69, 9.17) is 4.74 Å². The molecule has 2 aromatic rings. The molecule has 2 heterocycles. The van der Waals surface area contributed by atoms with Gasteiger partial charge in [-0.15, -0.1) is 22.7 Å². The molecule has 0 radical (unpaired) electrons. The van der Waals surface area contributed by atoms with Gasteiger partial charge in [0.25, 0.3) is 0 Å². The lowest BCUT2D eigenvalue weighted by Crippen LogP contribution is -2.32. The van der Waals surface area contributed by atoms with E-state index in [9.17, 15) is 4.79 Å². The van der Waals surface area contributed by atoms with Crippen LogP contribution in [0.2, 0.25) is 0 Å². The third-order valence-corrected chi connectivity index (χ3v) is 4.51. The van der Waals surface area contributed by atoms with Gasteiger partial charge < -0.3 is 10.1 Å². The number of nitrogens with zero attached hydrogens (tertiary/aromatic N) is 1. The molecule has 1 amide bonds. The molecule has 1 atom stereocenters. The van der Waals surface area contributed by atoms with E-state index in [1.807, 2.05) is 23.8 Å². The summed E-state index contributed by atoms with van der Waals surface area (Å²) in [5.74, 6) is -0.114. The number of thiophene rings is 1. The molecule has 0 spiro atoms. The molecule has 0 aliphatic carbocycles. The number of carbonyl (C=O) groups excluding carboxylic acids is 1. The number of aromatic nitrogens is 1. The first kappa shape index (κ1) is 14.2. The Morgan fingerprint density at radius 1 is 1.53 bits per heavy atom. The number of nitrogens with one attached hydrogen (secondary N) is 1. The number of aryl methyl sites for hydroxylation is 1. The van der Waals surface area contributed by atoms with Crippen LogP contribution in [-0.4, -0.2) is 24.6 Å². The minimum absolute atomic E-state index is 0.0747. The second kappa shape index (κ2) is 6.79. The maximum absolute atomic E-state index is 11.7. The lowest BCUT2D eigenvalue weighted by atomic mass is 10.2. The Hall–Kier alpha value is -1.24. The van der Waals surface area contributed by atoms with Crippen LogP contribution in [0.25, 0.3) is 0 Å². The van der Waals surface area contributed by atoms with Crippen LogP contribution in [0.5, 0.6) is 0 Å². The molecule has 2 rings (SSSR count). The highest BCUT2D eigenvalue weighted by atomic mass is 32.1. The lowest BCUT2D eigenvalue weighted by Gasteiger charge is -2.15. The molecule has 0 unspecified atom stereocenters. The Bertz CT molecular complexity index is 522. The number of hydrogen-bond donors (Lipinski definition) is 1. The molecule has 4 nitrogen and oxygen atoms in total. The van der Waals surface area contributed by atoms with Gasteiger partial charge in [-0.05, 0) is 18.4 Å². The predicted octanol–water partition coefficient (Wildman–Crippen LogP) is 2.56. The molecule has 2 aromatic heterocycles. The van der Waals surface area contributed by atoms with Crippen molar-refractivity contribution in [2.75, 3.05) is 13.7 Å². The second-order valence-corrected chi connectivity index (χ2v) is 6.09. The Morgan fingerprint density at radius 3 is 2.95 bits per heavy atom. The average Bonchev–Trinajstić information content (AvgIpc) is 3.00. The van der Waals surface area contributed by atoms with Gasteiger partial charge in [0, 0.05) is 29.5 Å². The summed E-state index contributed by atoms with van der Waals surface area (Å²) in [6.45, 7) is 2.03. The van der Waals surface area contributed by atoms with Crippen molar-refractivity contribution in [2.24, 2.45) is 0 Å². The van der Waals surface area contributed by atoms with Crippen LogP contribution < -0.4 is 5.32 Å². The molecule has 0 fully saturated rings. The van der Waals surface area contributed by atoms with Gasteiger partial charge in [0.05, 0.1) is 6.04 Å². The molecule has 0 aromatic carbocycles. The van der Waals surface area contributed by atoms with E-state index in [0.29, 0.717) is 0 Å². The van der Waals surface area contributed by atoms with Crippen molar-refractivity contribution in [1.29, 1.82) is 0 Å². The Kier molecular flexibility index (Phi) is 5.07. The van der Waals surface area contributed by atoms with Crippen molar-refractivity contribution in [3.05, 3.63) is 38.5 Å². The zero-order chi connectivity index (χ0) is 13.7. The highest BCUT2D eigenvalue weighted by Gasteiger charge is 2.18. The van der Waals surface area contributed by atoms with Crippen molar-refractivity contribution in [1.82, 2.24) is 10.3 Å².